The Balaban J connectivity index is 1.53. The van der Waals surface area contributed by atoms with Crippen molar-refractivity contribution >= 4 is 11.9 Å². The van der Waals surface area contributed by atoms with Crippen LogP contribution in [-0.4, -0.2) is 34.0 Å². The van der Waals surface area contributed by atoms with E-state index in [0.717, 1.165) is 12.0 Å². The van der Waals surface area contributed by atoms with Crippen LogP contribution in [0.4, 0.5) is 0 Å². The molecule has 1 amide bonds. The van der Waals surface area contributed by atoms with E-state index in [4.69, 9.17) is 0 Å². The van der Waals surface area contributed by atoms with Crippen molar-refractivity contribution in [2.24, 2.45) is 5.92 Å². The van der Waals surface area contributed by atoms with Gasteiger partial charge in [-0.3, -0.25) is 14.5 Å². The maximum Gasteiger partial charge on any atom is 0.320 e. The highest BCUT2D eigenvalue weighted by Gasteiger charge is 2.42. The van der Waals surface area contributed by atoms with Crippen molar-refractivity contribution in [1.82, 2.24) is 10.2 Å². The zero-order valence-electron chi connectivity index (χ0n) is 16.0. The van der Waals surface area contributed by atoms with Crippen LogP contribution in [0.1, 0.15) is 42.5 Å². The van der Waals surface area contributed by atoms with E-state index in [-0.39, 0.29) is 11.9 Å². The fourth-order valence-corrected chi connectivity index (χ4v) is 4.69. The van der Waals surface area contributed by atoms with Crippen molar-refractivity contribution in [2.45, 2.75) is 50.9 Å². The highest BCUT2D eigenvalue weighted by Crippen LogP contribution is 2.36. The monoisotopic (exact) mass is 378 g/mol. The smallest absolute Gasteiger partial charge is 0.320 e. The Kier molecular flexibility index (Phi) is 5.18. The summed E-state index contributed by atoms with van der Waals surface area (Å²) in [5.74, 6) is -0.584. The second kappa shape index (κ2) is 7.76. The summed E-state index contributed by atoms with van der Waals surface area (Å²) < 4.78 is 0. The number of amides is 1. The number of rotatable bonds is 5. The van der Waals surface area contributed by atoms with Crippen LogP contribution in [0, 0.1) is 5.92 Å². The second-order valence-electron chi connectivity index (χ2n) is 7.97. The quantitative estimate of drug-likeness (QED) is 0.839. The van der Waals surface area contributed by atoms with Crippen LogP contribution in [0.25, 0.3) is 0 Å². The molecule has 0 aromatic heterocycles. The fourth-order valence-electron chi connectivity index (χ4n) is 4.69. The molecule has 2 N–H and O–H groups in total. The zero-order valence-corrected chi connectivity index (χ0v) is 16.0. The number of likely N-dealkylation sites (tertiary alicyclic amines) is 1. The van der Waals surface area contributed by atoms with Gasteiger partial charge in [0.15, 0.2) is 0 Å². The maximum absolute atomic E-state index is 13.2. The Bertz CT molecular complexity index is 867. The van der Waals surface area contributed by atoms with Crippen LogP contribution < -0.4 is 5.32 Å². The van der Waals surface area contributed by atoms with E-state index in [0.29, 0.717) is 25.3 Å². The van der Waals surface area contributed by atoms with Gasteiger partial charge in [-0.05, 0) is 41.9 Å². The third-order valence-electron chi connectivity index (χ3n) is 6.11. The van der Waals surface area contributed by atoms with Gasteiger partial charge in [-0.15, -0.1) is 0 Å². The van der Waals surface area contributed by atoms with Crippen LogP contribution in [0.3, 0.4) is 0 Å². The largest absolute Gasteiger partial charge is 0.480 e. The first-order chi connectivity index (χ1) is 13.5. The Hall–Kier alpha value is -2.66. The Morgan fingerprint density at radius 1 is 1.04 bits per heavy atom. The molecule has 0 radical (unpaired) electrons. The Labute approximate surface area is 165 Å². The number of benzene rings is 2. The Morgan fingerprint density at radius 3 is 2.46 bits per heavy atom. The maximum atomic E-state index is 13.2. The van der Waals surface area contributed by atoms with Crippen LogP contribution in [-0.2, 0) is 22.6 Å². The molecule has 4 rings (SSSR count). The van der Waals surface area contributed by atoms with E-state index in [1.54, 1.807) is 0 Å². The number of carbonyl (C=O) groups is 2. The molecule has 5 nitrogen and oxygen atoms in total. The van der Waals surface area contributed by atoms with Crippen molar-refractivity contribution in [3.63, 3.8) is 0 Å². The molecule has 1 aliphatic heterocycles. The van der Waals surface area contributed by atoms with Crippen LogP contribution >= 0.6 is 0 Å². The lowest BCUT2D eigenvalue weighted by Gasteiger charge is -2.29. The Morgan fingerprint density at radius 2 is 1.71 bits per heavy atom. The summed E-state index contributed by atoms with van der Waals surface area (Å²) in [6.07, 6.45) is 2.02. The number of hydrogen-bond donors (Lipinski definition) is 2. The van der Waals surface area contributed by atoms with E-state index >= 15 is 0 Å². The van der Waals surface area contributed by atoms with Crippen molar-refractivity contribution in [1.29, 1.82) is 0 Å². The molecule has 2 aromatic rings. The van der Waals surface area contributed by atoms with Crippen molar-refractivity contribution in [2.75, 3.05) is 0 Å². The van der Waals surface area contributed by atoms with Gasteiger partial charge in [-0.2, -0.15) is 0 Å². The molecular formula is C23H26N2O3. The molecule has 4 atom stereocenters. The zero-order chi connectivity index (χ0) is 19.7. The summed E-state index contributed by atoms with van der Waals surface area (Å²) >= 11 is 0. The highest BCUT2D eigenvalue weighted by molar-refractivity contribution is 5.85. The number of fused-ring (bicyclic) bond motifs is 1. The molecule has 2 aromatic carbocycles. The molecule has 146 valence electrons. The molecule has 0 saturated carbocycles. The number of hydrogen-bond acceptors (Lipinski definition) is 3. The van der Waals surface area contributed by atoms with Gasteiger partial charge in [0.2, 0.25) is 5.91 Å². The van der Waals surface area contributed by atoms with Gasteiger partial charge in [0.25, 0.3) is 0 Å². The molecule has 1 fully saturated rings. The number of carbonyl (C=O) groups excluding carboxylic acids is 1. The van der Waals surface area contributed by atoms with Gasteiger partial charge >= 0.3 is 5.97 Å². The number of carboxylic acids is 1. The molecule has 5 heteroatoms. The van der Waals surface area contributed by atoms with Gasteiger partial charge in [-0.1, -0.05) is 61.5 Å². The highest BCUT2D eigenvalue weighted by atomic mass is 16.4. The fraction of sp³-hybridized carbons (Fsp3) is 0.391. The minimum atomic E-state index is -0.856. The van der Waals surface area contributed by atoms with E-state index in [1.807, 2.05) is 47.4 Å². The first kappa shape index (κ1) is 18.7. The lowest BCUT2D eigenvalue weighted by Crippen LogP contribution is -2.48. The third-order valence-corrected chi connectivity index (χ3v) is 6.11. The predicted molar refractivity (Wildman–Crippen MR) is 107 cm³/mol. The topological polar surface area (TPSA) is 69.6 Å². The van der Waals surface area contributed by atoms with Gasteiger partial charge < -0.3 is 10.4 Å². The summed E-state index contributed by atoms with van der Waals surface area (Å²) in [5.41, 5.74) is 3.50. The summed E-state index contributed by atoms with van der Waals surface area (Å²) in [6, 6.07) is 17.0. The number of nitrogens with one attached hydrogen (secondary N) is 1. The lowest BCUT2D eigenvalue weighted by molar-refractivity contribution is -0.143. The first-order valence-electron chi connectivity index (χ1n) is 9.95. The molecule has 0 spiro atoms. The summed E-state index contributed by atoms with van der Waals surface area (Å²) in [4.78, 5) is 26.8. The first-order valence-corrected chi connectivity index (χ1v) is 9.95. The average Bonchev–Trinajstić information content (AvgIpc) is 3.24. The van der Waals surface area contributed by atoms with E-state index in [2.05, 4.69) is 24.4 Å². The van der Waals surface area contributed by atoms with Gasteiger partial charge in [-0.25, -0.2) is 0 Å². The molecule has 4 unspecified atom stereocenters. The molecule has 1 heterocycles. The molecule has 28 heavy (non-hydrogen) atoms. The van der Waals surface area contributed by atoms with E-state index in [1.165, 1.54) is 11.1 Å². The van der Waals surface area contributed by atoms with Gasteiger partial charge in [0.05, 0.1) is 12.1 Å². The molecule has 2 aliphatic rings. The van der Waals surface area contributed by atoms with Crippen molar-refractivity contribution < 1.29 is 14.7 Å². The minimum absolute atomic E-state index is 0.00819. The average molecular weight is 378 g/mol. The van der Waals surface area contributed by atoms with Gasteiger partial charge in [0.1, 0.15) is 6.04 Å². The second-order valence-corrected chi connectivity index (χ2v) is 7.97. The SMILES string of the molecule is CC1Cc2ccccc2C1NC(=O)C1CCC(C(=O)O)N1Cc1ccccc1. The number of aliphatic carboxylic acids is 1. The van der Waals surface area contributed by atoms with Crippen LogP contribution in [0.15, 0.2) is 54.6 Å². The normalized spacial score (nSPS) is 26.8. The number of nitrogens with zero attached hydrogens (tertiary/aromatic N) is 1. The van der Waals surface area contributed by atoms with Crippen LogP contribution in [0.5, 0.6) is 0 Å². The molecule has 1 aliphatic carbocycles. The van der Waals surface area contributed by atoms with E-state index < -0.39 is 18.1 Å². The number of carboxylic acid groups (broad SMARTS) is 1. The summed E-state index contributed by atoms with van der Waals surface area (Å²) in [7, 11) is 0. The third kappa shape index (κ3) is 3.54. The van der Waals surface area contributed by atoms with E-state index in [9.17, 15) is 14.7 Å². The lowest BCUT2D eigenvalue weighted by atomic mass is 10.0. The van der Waals surface area contributed by atoms with Crippen molar-refractivity contribution in [3.05, 3.63) is 71.3 Å². The molecule has 0 bridgehead atoms. The standard InChI is InChI=1S/C23H26N2O3/c1-15-13-17-9-5-6-10-18(17)21(15)24-22(26)19-11-12-20(23(27)28)25(19)14-16-7-3-2-4-8-16/h2-10,15,19-21H,11-14H2,1H3,(H,24,26)(H,27,28). The summed E-state index contributed by atoms with van der Waals surface area (Å²) in [6.45, 7) is 2.62. The van der Waals surface area contributed by atoms with Crippen LogP contribution in [0.2, 0.25) is 0 Å². The molecular weight excluding hydrogens is 352 g/mol. The predicted octanol–water partition coefficient (Wildman–Crippen LogP) is 3.15. The molecule has 1 saturated heterocycles. The van der Waals surface area contributed by atoms with Crippen molar-refractivity contribution in [3.8, 4) is 0 Å². The summed E-state index contributed by atoms with van der Waals surface area (Å²) in [5, 5.41) is 12.9. The van der Waals surface area contributed by atoms with Gasteiger partial charge in [0, 0.05) is 6.54 Å². The minimum Gasteiger partial charge on any atom is -0.480 e.